The highest BCUT2D eigenvalue weighted by atomic mass is 79.9. The minimum absolute atomic E-state index is 0.184. The highest BCUT2D eigenvalue weighted by Gasteiger charge is 2.14. The van der Waals surface area contributed by atoms with E-state index in [1.165, 1.54) is 6.07 Å². The van der Waals surface area contributed by atoms with Crippen LogP contribution in [0.1, 0.15) is 0 Å². The van der Waals surface area contributed by atoms with E-state index in [9.17, 15) is 8.78 Å². The molecular weight excluding hydrogens is 414 g/mol. The van der Waals surface area contributed by atoms with Crippen LogP contribution >= 0.6 is 44.1 Å². The zero-order valence-electron chi connectivity index (χ0n) is 9.75. The van der Waals surface area contributed by atoms with E-state index < -0.39 is 11.6 Å². The molecule has 1 aromatic heterocycles. The summed E-state index contributed by atoms with van der Waals surface area (Å²) < 4.78 is 30.7. The summed E-state index contributed by atoms with van der Waals surface area (Å²) in [6.07, 6.45) is 0. The van der Waals surface area contributed by atoms with Crippen molar-refractivity contribution in [3.63, 3.8) is 0 Å². The van der Waals surface area contributed by atoms with E-state index in [0.717, 1.165) is 15.0 Å². The number of benzene rings is 2. The van der Waals surface area contributed by atoms with Crippen molar-refractivity contribution in [1.29, 1.82) is 0 Å². The van der Waals surface area contributed by atoms with Gasteiger partial charge in [0.2, 0.25) is 0 Å². The molecular formula is C13H6Br2F2N2S. The molecule has 0 fully saturated rings. The summed E-state index contributed by atoms with van der Waals surface area (Å²) in [5.41, 5.74) is 1.23. The Morgan fingerprint density at radius 3 is 2.60 bits per heavy atom. The molecule has 3 rings (SSSR count). The van der Waals surface area contributed by atoms with Crippen LogP contribution in [0.25, 0.3) is 16.7 Å². The minimum Gasteiger partial charge on any atom is -0.328 e. The van der Waals surface area contributed by atoms with Gasteiger partial charge in [-0.25, -0.2) is 8.78 Å². The van der Waals surface area contributed by atoms with E-state index in [-0.39, 0.29) is 5.52 Å². The van der Waals surface area contributed by atoms with Gasteiger partial charge in [-0.2, -0.15) is 0 Å². The van der Waals surface area contributed by atoms with E-state index >= 15 is 0 Å². The lowest BCUT2D eigenvalue weighted by Crippen LogP contribution is -1.96. The molecule has 0 aliphatic rings. The fourth-order valence-corrected chi connectivity index (χ4v) is 3.10. The molecule has 3 aromatic rings. The van der Waals surface area contributed by atoms with Crippen molar-refractivity contribution in [2.45, 2.75) is 0 Å². The SMILES string of the molecule is Fc1cc(F)c2[nH]c(=S)n(-c3cc(Br)ccc3Br)c2c1. The van der Waals surface area contributed by atoms with Gasteiger partial charge in [0.1, 0.15) is 11.3 Å². The lowest BCUT2D eigenvalue weighted by atomic mass is 10.2. The first kappa shape index (κ1) is 13.9. The summed E-state index contributed by atoms with van der Waals surface area (Å²) in [7, 11) is 0. The van der Waals surface area contributed by atoms with Crippen molar-refractivity contribution in [1.82, 2.24) is 9.55 Å². The molecule has 2 nitrogen and oxygen atoms in total. The number of hydrogen-bond donors (Lipinski definition) is 1. The van der Waals surface area contributed by atoms with Crippen LogP contribution in [0.4, 0.5) is 8.78 Å². The molecule has 1 heterocycles. The molecule has 0 amide bonds. The summed E-state index contributed by atoms with van der Waals surface area (Å²) in [5, 5.41) is 0. The Morgan fingerprint density at radius 1 is 1.10 bits per heavy atom. The molecule has 0 saturated heterocycles. The first-order valence-corrected chi connectivity index (χ1v) is 7.52. The first-order chi connectivity index (χ1) is 9.47. The molecule has 0 bridgehead atoms. The summed E-state index contributed by atoms with van der Waals surface area (Å²) >= 11 is 12.0. The van der Waals surface area contributed by atoms with E-state index in [1.807, 2.05) is 18.2 Å². The Labute approximate surface area is 134 Å². The molecule has 0 unspecified atom stereocenters. The van der Waals surface area contributed by atoms with Gasteiger partial charge in [-0.1, -0.05) is 15.9 Å². The normalized spacial score (nSPS) is 11.2. The number of imidazole rings is 1. The number of halogens is 4. The van der Waals surface area contributed by atoms with Crippen molar-refractivity contribution in [2.24, 2.45) is 0 Å². The Balaban J connectivity index is 2.45. The molecule has 7 heteroatoms. The van der Waals surface area contributed by atoms with Crippen molar-refractivity contribution < 1.29 is 8.78 Å². The second-order valence-corrected chi connectivity index (χ2v) is 6.30. The molecule has 0 aliphatic carbocycles. The molecule has 0 aliphatic heterocycles. The van der Waals surface area contributed by atoms with Gasteiger partial charge in [-0.15, -0.1) is 0 Å². The van der Waals surface area contributed by atoms with Gasteiger partial charge >= 0.3 is 0 Å². The Kier molecular flexibility index (Phi) is 3.51. The van der Waals surface area contributed by atoms with E-state index in [0.29, 0.717) is 16.0 Å². The van der Waals surface area contributed by atoms with Crippen LogP contribution in [-0.2, 0) is 0 Å². The lowest BCUT2D eigenvalue weighted by Gasteiger charge is -2.08. The van der Waals surface area contributed by atoms with E-state index in [4.69, 9.17) is 12.2 Å². The third-order valence-electron chi connectivity index (χ3n) is 2.86. The molecule has 102 valence electrons. The molecule has 1 N–H and O–H groups in total. The zero-order chi connectivity index (χ0) is 14.4. The van der Waals surface area contributed by atoms with E-state index in [1.54, 1.807) is 4.57 Å². The second-order valence-electron chi connectivity index (χ2n) is 4.14. The van der Waals surface area contributed by atoms with Crippen LogP contribution < -0.4 is 0 Å². The van der Waals surface area contributed by atoms with Gasteiger partial charge in [-0.05, 0) is 46.3 Å². The number of nitrogens with zero attached hydrogens (tertiary/aromatic N) is 1. The first-order valence-electron chi connectivity index (χ1n) is 5.52. The van der Waals surface area contributed by atoms with Crippen molar-refractivity contribution in [3.05, 3.63) is 55.7 Å². The van der Waals surface area contributed by atoms with Gasteiger partial charge in [0, 0.05) is 21.1 Å². The molecule has 0 atom stereocenters. The predicted octanol–water partition coefficient (Wildman–Crippen LogP) is 5.49. The maximum Gasteiger partial charge on any atom is 0.182 e. The number of aromatic nitrogens is 2. The standard InChI is InChI=1S/C13H6Br2F2N2S/c14-6-1-2-8(15)10(3-6)19-11-5-7(16)4-9(17)12(11)18-13(19)20/h1-5H,(H,18,20). The molecule has 0 radical (unpaired) electrons. The van der Waals surface area contributed by atoms with Crippen molar-refractivity contribution in [2.75, 3.05) is 0 Å². The molecule has 0 spiro atoms. The largest absolute Gasteiger partial charge is 0.328 e. The maximum atomic E-state index is 13.8. The number of nitrogens with one attached hydrogen (secondary N) is 1. The van der Waals surface area contributed by atoms with Gasteiger partial charge in [0.15, 0.2) is 10.6 Å². The average Bonchev–Trinajstić information content (AvgIpc) is 2.69. The summed E-state index contributed by atoms with van der Waals surface area (Å²) in [5.74, 6) is -1.32. The minimum atomic E-state index is -0.670. The highest BCUT2D eigenvalue weighted by Crippen LogP contribution is 2.29. The number of H-pyrrole nitrogens is 1. The number of aromatic amines is 1. The van der Waals surface area contributed by atoms with E-state index in [2.05, 4.69) is 36.8 Å². The van der Waals surface area contributed by atoms with Crippen LogP contribution in [-0.4, -0.2) is 9.55 Å². The monoisotopic (exact) mass is 418 g/mol. The molecule has 2 aromatic carbocycles. The Hall–Kier alpha value is -1.05. The average molecular weight is 420 g/mol. The lowest BCUT2D eigenvalue weighted by molar-refractivity contribution is 0.590. The van der Waals surface area contributed by atoms with Crippen molar-refractivity contribution >= 4 is 55.1 Å². The van der Waals surface area contributed by atoms with Crippen LogP contribution in [0.5, 0.6) is 0 Å². The maximum absolute atomic E-state index is 13.8. The Bertz CT molecular complexity index is 886. The van der Waals surface area contributed by atoms with Gasteiger partial charge in [-0.3, -0.25) is 4.57 Å². The van der Waals surface area contributed by atoms with Gasteiger partial charge in [0.25, 0.3) is 0 Å². The zero-order valence-corrected chi connectivity index (χ0v) is 13.7. The summed E-state index contributed by atoms with van der Waals surface area (Å²) in [6.45, 7) is 0. The van der Waals surface area contributed by atoms with Crippen LogP contribution in [0, 0.1) is 16.4 Å². The quantitative estimate of drug-likeness (QED) is 0.517. The van der Waals surface area contributed by atoms with Crippen LogP contribution in [0.15, 0.2) is 39.3 Å². The van der Waals surface area contributed by atoms with Gasteiger partial charge in [0.05, 0.1) is 11.2 Å². The van der Waals surface area contributed by atoms with Crippen molar-refractivity contribution in [3.8, 4) is 5.69 Å². The fourth-order valence-electron chi connectivity index (χ4n) is 2.03. The number of rotatable bonds is 1. The number of hydrogen-bond acceptors (Lipinski definition) is 1. The van der Waals surface area contributed by atoms with Crippen LogP contribution in [0.3, 0.4) is 0 Å². The topological polar surface area (TPSA) is 20.7 Å². The molecule has 20 heavy (non-hydrogen) atoms. The Morgan fingerprint density at radius 2 is 1.85 bits per heavy atom. The van der Waals surface area contributed by atoms with Gasteiger partial charge < -0.3 is 4.98 Å². The fraction of sp³-hybridized carbons (Fsp3) is 0. The highest BCUT2D eigenvalue weighted by molar-refractivity contribution is 9.11. The second kappa shape index (κ2) is 5.05. The molecule has 0 saturated carbocycles. The summed E-state index contributed by atoms with van der Waals surface area (Å²) in [6, 6.07) is 7.57. The van der Waals surface area contributed by atoms with Crippen LogP contribution in [0.2, 0.25) is 0 Å². The third-order valence-corrected chi connectivity index (χ3v) is 4.31. The third kappa shape index (κ3) is 2.23. The smallest absolute Gasteiger partial charge is 0.182 e. The summed E-state index contributed by atoms with van der Waals surface area (Å²) in [4.78, 5) is 2.77. The number of fused-ring (bicyclic) bond motifs is 1. The predicted molar refractivity (Wildman–Crippen MR) is 83.8 cm³/mol.